The second kappa shape index (κ2) is 10.0. The third-order valence-electron chi connectivity index (χ3n) is 5.55. The van der Waals surface area contributed by atoms with E-state index in [0.717, 1.165) is 29.8 Å². The first-order chi connectivity index (χ1) is 14.9. The van der Waals surface area contributed by atoms with Gasteiger partial charge in [-0.3, -0.25) is 9.59 Å². The lowest BCUT2D eigenvalue weighted by Crippen LogP contribution is -2.50. The van der Waals surface area contributed by atoms with Gasteiger partial charge in [0.05, 0.1) is 12.6 Å². The van der Waals surface area contributed by atoms with E-state index in [1.807, 2.05) is 37.3 Å². The molecule has 5 N–H and O–H groups in total. The van der Waals surface area contributed by atoms with Gasteiger partial charge in [0, 0.05) is 12.2 Å². The van der Waals surface area contributed by atoms with Gasteiger partial charge in [-0.2, -0.15) is 0 Å². The van der Waals surface area contributed by atoms with Gasteiger partial charge in [-0.15, -0.1) is 0 Å². The number of nitrogen functional groups attached to an aromatic ring is 1. The number of anilines is 1. The lowest BCUT2D eigenvalue weighted by molar-refractivity contribution is -0.129. The van der Waals surface area contributed by atoms with E-state index in [0.29, 0.717) is 30.4 Å². The van der Waals surface area contributed by atoms with E-state index in [9.17, 15) is 9.59 Å². The van der Waals surface area contributed by atoms with Crippen LogP contribution in [0.25, 0.3) is 4.85 Å². The summed E-state index contributed by atoms with van der Waals surface area (Å²) in [5, 5.41) is 8.88. The average molecular weight is 421 g/mol. The second-order valence-corrected chi connectivity index (χ2v) is 7.97. The largest absolute Gasteiger partial charge is 0.384 e. The molecule has 0 saturated carbocycles. The second-order valence-electron chi connectivity index (χ2n) is 7.97. The molecule has 0 unspecified atom stereocenters. The molecule has 1 saturated heterocycles. The van der Waals surface area contributed by atoms with Gasteiger partial charge in [-0.25, -0.2) is 9.83 Å². The van der Waals surface area contributed by atoms with Crippen molar-refractivity contribution < 1.29 is 9.59 Å². The number of nitrogens with zero attached hydrogens (tertiary/aromatic N) is 2. The van der Waals surface area contributed by atoms with Crippen molar-refractivity contribution in [2.75, 3.05) is 12.3 Å². The third-order valence-corrected chi connectivity index (χ3v) is 5.55. The third kappa shape index (κ3) is 6.03. The lowest BCUT2D eigenvalue weighted by Gasteiger charge is -2.17. The molecule has 162 valence electrons. The van der Waals surface area contributed by atoms with Gasteiger partial charge in [0.1, 0.15) is 11.9 Å². The Labute approximate surface area is 182 Å². The summed E-state index contributed by atoms with van der Waals surface area (Å²) < 4.78 is 0. The molecule has 2 aromatic rings. The van der Waals surface area contributed by atoms with Crippen molar-refractivity contribution in [3.8, 4) is 0 Å². The van der Waals surface area contributed by atoms with E-state index in [1.54, 1.807) is 13.0 Å². The zero-order valence-electron chi connectivity index (χ0n) is 17.8. The van der Waals surface area contributed by atoms with E-state index >= 15 is 0 Å². The predicted octanol–water partition coefficient (Wildman–Crippen LogP) is 1.86. The van der Waals surface area contributed by atoms with Crippen LogP contribution in [-0.2, 0) is 22.6 Å². The Morgan fingerprint density at radius 1 is 1.29 bits per heavy atom. The highest BCUT2D eigenvalue weighted by molar-refractivity contribution is 5.89. The van der Waals surface area contributed by atoms with Gasteiger partial charge >= 0.3 is 0 Å². The first-order valence-electron chi connectivity index (χ1n) is 10.4. The molecule has 31 heavy (non-hydrogen) atoms. The average Bonchev–Trinajstić information content (AvgIpc) is 3.22. The molecule has 1 aromatic heterocycles. The number of aromatic nitrogens is 1. The van der Waals surface area contributed by atoms with Crippen LogP contribution in [-0.4, -0.2) is 35.4 Å². The molecule has 3 atom stereocenters. The van der Waals surface area contributed by atoms with Crippen molar-refractivity contribution in [2.24, 2.45) is 5.92 Å². The Morgan fingerprint density at radius 2 is 2.03 bits per heavy atom. The lowest BCUT2D eigenvalue weighted by atomic mass is 9.96. The maximum Gasteiger partial charge on any atom is 0.242 e. The summed E-state index contributed by atoms with van der Waals surface area (Å²) in [6.07, 6.45) is 1.56. The SMILES string of the molecule is [C-]#[N+]c1ccc(C[C@@H]2CN[C@@H](C(=O)N[C@@H](C)C(=O)NCc3ccc(N)nc3C)C2)cc1. The Hall–Kier alpha value is -3.44. The number of aryl methyl sites for hydroxylation is 1. The number of benzene rings is 1. The van der Waals surface area contributed by atoms with E-state index < -0.39 is 6.04 Å². The number of amides is 2. The number of carbonyl (C=O) groups excluding carboxylic acids is 2. The molecule has 8 nitrogen and oxygen atoms in total. The van der Waals surface area contributed by atoms with Crippen LogP contribution >= 0.6 is 0 Å². The number of carbonyl (C=O) groups is 2. The zero-order valence-corrected chi connectivity index (χ0v) is 17.8. The fourth-order valence-electron chi connectivity index (χ4n) is 3.72. The number of hydrogen-bond donors (Lipinski definition) is 4. The standard InChI is InChI=1S/C23H28N6O2/c1-14-18(6-9-21(24)28-14)13-27-22(30)15(2)29-23(31)20-11-17(12-26-20)10-16-4-7-19(25-3)8-5-16/h4-9,15,17,20,26H,10-13H2,1-2H3,(H2,24,28)(H,27,30)(H,29,31)/t15-,17-,20+/m0/s1. The molecular formula is C23H28N6O2. The van der Waals surface area contributed by atoms with Crippen LogP contribution < -0.4 is 21.7 Å². The van der Waals surface area contributed by atoms with Crippen LogP contribution in [0.5, 0.6) is 0 Å². The van der Waals surface area contributed by atoms with Gasteiger partial charge in [0.25, 0.3) is 0 Å². The summed E-state index contributed by atoms with van der Waals surface area (Å²) in [6, 6.07) is 10.1. The van der Waals surface area contributed by atoms with Gasteiger partial charge in [-0.05, 0) is 50.8 Å². The van der Waals surface area contributed by atoms with Gasteiger partial charge in [0.15, 0.2) is 5.69 Å². The van der Waals surface area contributed by atoms with Crippen LogP contribution in [0.1, 0.15) is 30.2 Å². The molecule has 8 heteroatoms. The zero-order chi connectivity index (χ0) is 22.4. The van der Waals surface area contributed by atoms with Gasteiger partial charge in [-0.1, -0.05) is 35.9 Å². The highest BCUT2D eigenvalue weighted by Gasteiger charge is 2.30. The van der Waals surface area contributed by atoms with Crippen molar-refractivity contribution in [3.05, 3.63) is 64.6 Å². The molecule has 0 spiro atoms. The number of rotatable bonds is 7. The first kappa shape index (κ1) is 22.2. The molecule has 0 aliphatic carbocycles. The topological polar surface area (TPSA) is 114 Å². The number of hydrogen-bond acceptors (Lipinski definition) is 5. The monoisotopic (exact) mass is 420 g/mol. The molecule has 1 aliphatic heterocycles. The predicted molar refractivity (Wildman–Crippen MR) is 119 cm³/mol. The van der Waals surface area contributed by atoms with Crippen LogP contribution in [0.2, 0.25) is 0 Å². The van der Waals surface area contributed by atoms with Crippen LogP contribution in [0, 0.1) is 19.4 Å². The van der Waals surface area contributed by atoms with Gasteiger partial charge in [0.2, 0.25) is 11.8 Å². The first-order valence-corrected chi connectivity index (χ1v) is 10.4. The molecule has 3 rings (SSSR count). The minimum atomic E-state index is -0.642. The summed E-state index contributed by atoms with van der Waals surface area (Å²) in [4.78, 5) is 32.6. The molecule has 2 amide bonds. The van der Waals surface area contributed by atoms with Crippen molar-refractivity contribution in [3.63, 3.8) is 0 Å². The Bertz CT molecular complexity index is 983. The molecule has 1 aromatic carbocycles. The minimum absolute atomic E-state index is 0.168. The molecular weight excluding hydrogens is 392 g/mol. The fraction of sp³-hybridized carbons (Fsp3) is 0.391. The molecule has 1 fully saturated rings. The number of pyridine rings is 1. The molecule has 0 bridgehead atoms. The molecule has 1 aliphatic rings. The highest BCUT2D eigenvalue weighted by atomic mass is 16.2. The summed E-state index contributed by atoms with van der Waals surface area (Å²) in [5.74, 6) is 0.355. The highest BCUT2D eigenvalue weighted by Crippen LogP contribution is 2.21. The number of nitrogens with one attached hydrogen (secondary N) is 3. The van der Waals surface area contributed by atoms with E-state index in [1.165, 1.54) is 0 Å². The van der Waals surface area contributed by atoms with Gasteiger partial charge < -0.3 is 21.7 Å². The van der Waals surface area contributed by atoms with E-state index in [2.05, 4.69) is 25.8 Å². The van der Waals surface area contributed by atoms with Crippen LogP contribution in [0.4, 0.5) is 11.5 Å². The summed E-state index contributed by atoms with van der Waals surface area (Å²) in [7, 11) is 0. The Balaban J connectivity index is 1.44. The summed E-state index contributed by atoms with van der Waals surface area (Å²) in [6.45, 7) is 11.6. The maximum absolute atomic E-state index is 12.6. The maximum atomic E-state index is 12.6. The fourth-order valence-corrected chi connectivity index (χ4v) is 3.72. The number of nitrogens with two attached hydrogens (primary N) is 1. The quantitative estimate of drug-likeness (QED) is 0.511. The summed E-state index contributed by atoms with van der Waals surface area (Å²) in [5.41, 5.74) is 9.07. The summed E-state index contributed by atoms with van der Waals surface area (Å²) >= 11 is 0. The van der Waals surface area contributed by atoms with E-state index in [4.69, 9.17) is 12.3 Å². The molecule has 2 heterocycles. The van der Waals surface area contributed by atoms with Crippen molar-refractivity contribution >= 4 is 23.3 Å². The Morgan fingerprint density at radius 3 is 2.71 bits per heavy atom. The smallest absolute Gasteiger partial charge is 0.242 e. The van der Waals surface area contributed by atoms with Crippen LogP contribution in [0.3, 0.4) is 0 Å². The Kier molecular flexibility index (Phi) is 7.21. The van der Waals surface area contributed by atoms with Crippen molar-refractivity contribution in [2.45, 2.75) is 45.3 Å². The minimum Gasteiger partial charge on any atom is -0.384 e. The van der Waals surface area contributed by atoms with Crippen molar-refractivity contribution in [1.29, 1.82) is 0 Å². The van der Waals surface area contributed by atoms with E-state index in [-0.39, 0.29) is 17.9 Å². The van der Waals surface area contributed by atoms with Crippen LogP contribution in [0.15, 0.2) is 36.4 Å². The normalized spacial score (nSPS) is 18.7. The molecule has 0 radical (unpaired) electrons. The van der Waals surface area contributed by atoms with Crippen molar-refractivity contribution in [1.82, 2.24) is 20.9 Å².